The number of benzene rings is 2. The Labute approximate surface area is 206 Å². The topological polar surface area (TPSA) is 88.9 Å². The number of aryl methyl sites for hydroxylation is 2. The number of hydrogen-bond donors (Lipinski definition) is 2. The third-order valence-corrected chi connectivity index (χ3v) is 6.51. The molecule has 5 aromatic rings. The molecule has 0 saturated heterocycles. The minimum absolute atomic E-state index is 0.212. The van der Waals surface area contributed by atoms with Gasteiger partial charge in [-0.1, -0.05) is 30.3 Å². The van der Waals surface area contributed by atoms with Crippen LogP contribution in [0.4, 0.5) is 11.4 Å². The van der Waals surface area contributed by atoms with Gasteiger partial charge < -0.3 is 10.6 Å². The Balaban J connectivity index is 1.40. The van der Waals surface area contributed by atoms with E-state index in [0.29, 0.717) is 40.1 Å². The summed E-state index contributed by atoms with van der Waals surface area (Å²) in [6.45, 7) is 4.37. The van der Waals surface area contributed by atoms with Crippen molar-refractivity contribution in [1.82, 2.24) is 14.8 Å². The van der Waals surface area contributed by atoms with Gasteiger partial charge in [0.1, 0.15) is 0 Å². The summed E-state index contributed by atoms with van der Waals surface area (Å²) < 4.78 is 1.82. The zero-order valence-corrected chi connectivity index (χ0v) is 20.1. The van der Waals surface area contributed by atoms with Gasteiger partial charge in [-0.05, 0) is 61.2 Å². The Morgan fingerprint density at radius 2 is 1.77 bits per heavy atom. The zero-order chi connectivity index (χ0) is 24.4. The number of nitrogens with one attached hydrogen (secondary N) is 2. The van der Waals surface area contributed by atoms with Gasteiger partial charge in [-0.3, -0.25) is 9.59 Å². The molecule has 2 amide bonds. The van der Waals surface area contributed by atoms with E-state index in [2.05, 4.69) is 20.7 Å². The summed E-state index contributed by atoms with van der Waals surface area (Å²) >= 11 is 1.65. The lowest BCUT2D eigenvalue weighted by atomic mass is 10.1. The average Bonchev–Trinajstić information content (AvgIpc) is 3.52. The molecule has 2 N–H and O–H groups in total. The van der Waals surface area contributed by atoms with Crippen molar-refractivity contribution in [3.63, 3.8) is 0 Å². The highest BCUT2D eigenvalue weighted by atomic mass is 32.1. The first-order valence-corrected chi connectivity index (χ1v) is 12.0. The van der Waals surface area contributed by atoms with Crippen molar-refractivity contribution in [2.24, 2.45) is 0 Å². The second-order valence-electron chi connectivity index (χ2n) is 8.23. The summed E-state index contributed by atoms with van der Waals surface area (Å²) in [5, 5.41) is 13.1. The monoisotopic (exact) mass is 481 g/mol. The predicted octanol–water partition coefficient (Wildman–Crippen LogP) is 5.66. The fraction of sp³-hybridized carbons (Fsp3) is 0.111. The van der Waals surface area contributed by atoms with Crippen LogP contribution in [0, 0.1) is 13.8 Å². The van der Waals surface area contributed by atoms with Crippen LogP contribution in [0.15, 0.2) is 78.3 Å². The van der Waals surface area contributed by atoms with Crippen LogP contribution < -0.4 is 10.6 Å². The summed E-state index contributed by atoms with van der Waals surface area (Å²) in [7, 11) is 0. The fourth-order valence-electron chi connectivity index (χ4n) is 3.84. The molecule has 35 heavy (non-hydrogen) atoms. The summed E-state index contributed by atoms with van der Waals surface area (Å²) in [4.78, 5) is 31.7. The highest BCUT2D eigenvalue weighted by molar-refractivity contribution is 7.09. The number of thiophene rings is 1. The summed E-state index contributed by atoms with van der Waals surface area (Å²) in [5.41, 5.74) is 4.57. The van der Waals surface area contributed by atoms with Crippen LogP contribution >= 0.6 is 11.3 Å². The Morgan fingerprint density at radius 1 is 0.943 bits per heavy atom. The normalized spacial score (nSPS) is 10.9. The smallest absolute Gasteiger partial charge is 0.256 e. The van der Waals surface area contributed by atoms with Gasteiger partial charge in [-0.25, -0.2) is 9.67 Å². The van der Waals surface area contributed by atoms with Crippen LogP contribution in [-0.2, 0) is 6.54 Å². The molecule has 174 valence electrons. The molecule has 2 aromatic carbocycles. The Hall–Kier alpha value is -4.30. The number of pyridine rings is 1. The van der Waals surface area contributed by atoms with E-state index in [9.17, 15) is 9.59 Å². The summed E-state index contributed by atoms with van der Waals surface area (Å²) in [6, 6.07) is 20.3. The molecule has 8 heteroatoms. The minimum atomic E-state index is -0.259. The van der Waals surface area contributed by atoms with Gasteiger partial charge in [-0.15, -0.1) is 11.3 Å². The lowest BCUT2D eigenvalue weighted by Crippen LogP contribution is -2.15. The Bertz CT molecular complexity index is 1520. The van der Waals surface area contributed by atoms with Crippen LogP contribution in [0.1, 0.15) is 36.9 Å². The molecule has 7 nitrogen and oxygen atoms in total. The number of carbonyl (C=O) groups is 2. The second kappa shape index (κ2) is 9.52. The van der Waals surface area contributed by atoms with Crippen molar-refractivity contribution in [2.45, 2.75) is 20.4 Å². The molecule has 0 atom stereocenters. The average molecular weight is 482 g/mol. The quantitative estimate of drug-likeness (QED) is 0.327. The van der Waals surface area contributed by atoms with Crippen molar-refractivity contribution < 1.29 is 9.59 Å². The van der Waals surface area contributed by atoms with E-state index in [0.717, 1.165) is 16.1 Å². The molecule has 0 saturated carbocycles. The van der Waals surface area contributed by atoms with E-state index in [4.69, 9.17) is 0 Å². The van der Waals surface area contributed by atoms with Gasteiger partial charge in [0, 0.05) is 27.5 Å². The number of rotatable bonds is 6. The zero-order valence-electron chi connectivity index (χ0n) is 19.3. The third kappa shape index (κ3) is 4.83. The van der Waals surface area contributed by atoms with E-state index in [1.165, 1.54) is 0 Å². The molecule has 0 spiro atoms. The summed E-state index contributed by atoms with van der Waals surface area (Å²) in [5.74, 6) is -0.470. The van der Waals surface area contributed by atoms with Crippen LogP contribution in [0.5, 0.6) is 0 Å². The first-order valence-electron chi connectivity index (χ1n) is 11.1. The molecule has 5 rings (SSSR count). The minimum Gasteiger partial charge on any atom is -0.322 e. The van der Waals surface area contributed by atoms with Crippen LogP contribution in [-0.4, -0.2) is 26.6 Å². The molecule has 3 heterocycles. The standard InChI is InChI=1S/C27H23N5O2S/c1-17-10-11-20(30-26(33)19-7-4-3-5-8-19)14-24(17)31-27(34)22-13-18(2)29-25-23(22)15-28-32(25)16-21-9-6-12-35-21/h3-15H,16H2,1-2H3,(H,30,33)(H,31,34). The van der Waals surface area contributed by atoms with Crippen molar-refractivity contribution in [3.8, 4) is 0 Å². The van der Waals surface area contributed by atoms with Crippen molar-refractivity contribution in [2.75, 3.05) is 10.6 Å². The number of aromatic nitrogens is 3. The lowest BCUT2D eigenvalue weighted by molar-refractivity contribution is 0.102. The van der Waals surface area contributed by atoms with Gasteiger partial charge in [0.25, 0.3) is 11.8 Å². The van der Waals surface area contributed by atoms with E-state index in [1.807, 2.05) is 66.4 Å². The van der Waals surface area contributed by atoms with Gasteiger partial charge >= 0.3 is 0 Å². The highest BCUT2D eigenvalue weighted by Gasteiger charge is 2.17. The molecular weight excluding hydrogens is 458 g/mol. The van der Waals surface area contributed by atoms with Crippen LogP contribution in [0.2, 0.25) is 0 Å². The van der Waals surface area contributed by atoms with Gasteiger partial charge in [0.2, 0.25) is 0 Å². The molecule has 0 radical (unpaired) electrons. The number of fused-ring (bicyclic) bond motifs is 1. The van der Waals surface area contributed by atoms with E-state index in [-0.39, 0.29) is 11.8 Å². The number of anilines is 2. The third-order valence-electron chi connectivity index (χ3n) is 5.65. The molecule has 0 unspecified atom stereocenters. The second-order valence-corrected chi connectivity index (χ2v) is 9.27. The van der Waals surface area contributed by atoms with E-state index in [1.54, 1.807) is 41.8 Å². The summed E-state index contributed by atoms with van der Waals surface area (Å²) in [6.07, 6.45) is 1.69. The largest absolute Gasteiger partial charge is 0.322 e. The highest BCUT2D eigenvalue weighted by Crippen LogP contribution is 2.25. The van der Waals surface area contributed by atoms with Crippen LogP contribution in [0.3, 0.4) is 0 Å². The Kier molecular flexibility index (Phi) is 6.12. The maximum Gasteiger partial charge on any atom is 0.256 e. The predicted molar refractivity (Wildman–Crippen MR) is 139 cm³/mol. The van der Waals surface area contributed by atoms with Crippen molar-refractivity contribution in [1.29, 1.82) is 0 Å². The van der Waals surface area contributed by atoms with E-state index >= 15 is 0 Å². The lowest BCUT2D eigenvalue weighted by Gasteiger charge is -2.13. The van der Waals surface area contributed by atoms with Gasteiger partial charge in [-0.2, -0.15) is 5.10 Å². The van der Waals surface area contributed by atoms with E-state index < -0.39 is 0 Å². The molecule has 0 bridgehead atoms. The molecule has 3 aromatic heterocycles. The molecule has 0 fully saturated rings. The first kappa shape index (κ1) is 22.5. The van der Waals surface area contributed by atoms with Crippen molar-refractivity contribution >= 4 is 45.6 Å². The molecule has 0 aliphatic carbocycles. The van der Waals surface area contributed by atoms with Gasteiger partial charge in [0.05, 0.1) is 23.7 Å². The number of carbonyl (C=O) groups excluding carboxylic acids is 2. The molecular formula is C27H23N5O2S. The Morgan fingerprint density at radius 3 is 2.54 bits per heavy atom. The number of amides is 2. The SMILES string of the molecule is Cc1cc(C(=O)Nc2cc(NC(=O)c3ccccc3)ccc2C)c2cnn(Cc3cccs3)c2n1. The first-order chi connectivity index (χ1) is 17.0. The van der Waals surface area contributed by atoms with Gasteiger partial charge in [0.15, 0.2) is 5.65 Å². The van der Waals surface area contributed by atoms with Crippen LogP contribution in [0.25, 0.3) is 11.0 Å². The number of hydrogen-bond acceptors (Lipinski definition) is 5. The van der Waals surface area contributed by atoms with Crippen molar-refractivity contribution in [3.05, 3.63) is 106 Å². The number of nitrogens with zero attached hydrogens (tertiary/aromatic N) is 3. The maximum atomic E-state index is 13.4. The molecule has 0 aliphatic rings. The maximum absolute atomic E-state index is 13.4. The fourth-order valence-corrected chi connectivity index (χ4v) is 4.53. The molecule has 0 aliphatic heterocycles.